The fourth-order valence-electron chi connectivity index (χ4n) is 3.57. The zero-order valence-electron chi connectivity index (χ0n) is 16.3. The smallest absolute Gasteiger partial charge is 0.270 e. The fraction of sp³-hybridized carbons (Fsp3) is 0.238. The molecule has 0 spiro atoms. The van der Waals surface area contributed by atoms with Crippen molar-refractivity contribution < 1.29 is 17.9 Å². The van der Waals surface area contributed by atoms with Crippen LogP contribution in [0.15, 0.2) is 53.4 Å². The zero-order chi connectivity index (χ0) is 21.3. The molecule has 30 heavy (non-hydrogen) atoms. The number of benzene rings is 2. The highest BCUT2D eigenvalue weighted by molar-refractivity contribution is 7.89. The molecule has 1 N–H and O–H groups in total. The molecule has 0 saturated carbocycles. The van der Waals surface area contributed by atoms with E-state index in [-0.39, 0.29) is 42.5 Å². The van der Waals surface area contributed by atoms with Crippen LogP contribution in [-0.2, 0) is 10.0 Å². The molecule has 0 bridgehead atoms. The fourth-order valence-corrected chi connectivity index (χ4v) is 5.14. The molecular weight excluding hydrogens is 404 g/mol. The third-order valence-electron chi connectivity index (χ3n) is 5.21. The van der Waals surface area contributed by atoms with E-state index >= 15 is 0 Å². The van der Waals surface area contributed by atoms with E-state index in [1.54, 1.807) is 30.2 Å². The van der Waals surface area contributed by atoms with Crippen LogP contribution < -0.4 is 4.74 Å². The largest absolute Gasteiger partial charge is 0.497 e. The first-order valence-corrected chi connectivity index (χ1v) is 10.8. The Kier molecular flexibility index (Phi) is 5.20. The summed E-state index contributed by atoms with van der Waals surface area (Å²) in [5, 5.41) is 10.1. The van der Waals surface area contributed by atoms with Crippen molar-refractivity contribution in [2.75, 3.05) is 33.3 Å². The number of hydrogen-bond acceptors (Lipinski definition) is 5. The quantitative estimate of drug-likeness (QED) is 0.691. The van der Waals surface area contributed by atoms with Crippen LogP contribution in [0, 0.1) is 11.3 Å². The number of carbonyl (C=O) groups is 1. The number of sulfonamides is 1. The molecule has 1 aliphatic rings. The molecule has 1 aromatic heterocycles. The molecule has 2 aromatic carbocycles. The number of aromatic amines is 1. The van der Waals surface area contributed by atoms with Crippen molar-refractivity contribution >= 4 is 26.8 Å². The van der Waals surface area contributed by atoms with E-state index in [1.807, 2.05) is 24.3 Å². The lowest BCUT2D eigenvalue weighted by atomic mass is 10.2. The summed E-state index contributed by atoms with van der Waals surface area (Å²) in [4.78, 5) is 17.6. The van der Waals surface area contributed by atoms with Gasteiger partial charge in [-0.25, -0.2) is 8.42 Å². The Bertz CT molecular complexity index is 1250. The molecular formula is C21H20N4O4S. The van der Waals surface area contributed by atoms with Crippen LogP contribution in [0.3, 0.4) is 0 Å². The van der Waals surface area contributed by atoms with Crippen molar-refractivity contribution in [3.63, 3.8) is 0 Å². The summed E-state index contributed by atoms with van der Waals surface area (Å²) in [5.74, 6) is 0.513. The SMILES string of the molecule is COc1ccc2cc(C(=O)N3CCN(S(=O)(=O)c4ccccc4C#N)CC3)[nH]c2c1. The highest BCUT2D eigenvalue weighted by atomic mass is 32.2. The summed E-state index contributed by atoms with van der Waals surface area (Å²) in [7, 11) is -2.21. The lowest BCUT2D eigenvalue weighted by Crippen LogP contribution is -2.50. The maximum absolute atomic E-state index is 12.9. The molecule has 3 aromatic rings. The molecule has 0 atom stereocenters. The first-order valence-electron chi connectivity index (χ1n) is 9.39. The minimum Gasteiger partial charge on any atom is -0.497 e. The second kappa shape index (κ2) is 7.82. The van der Waals surface area contributed by atoms with Gasteiger partial charge in [0.15, 0.2) is 0 Å². The Morgan fingerprint density at radius 3 is 2.53 bits per heavy atom. The maximum Gasteiger partial charge on any atom is 0.270 e. The van der Waals surface area contributed by atoms with Gasteiger partial charge in [0.1, 0.15) is 17.5 Å². The number of nitrogens with one attached hydrogen (secondary N) is 1. The van der Waals surface area contributed by atoms with Gasteiger partial charge in [-0.05, 0) is 30.3 Å². The van der Waals surface area contributed by atoms with Crippen molar-refractivity contribution in [2.45, 2.75) is 4.90 Å². The number of fused-ring (bicyclic) bond motifs is 1. The number of methoxy groups -OCH3 is 1. The highest BCUT2D eigenvalue weighted by Crippen LogP contribution is 2.24. The monoisotopic (exact) mass is 424 g/mol. The normalized spacial score (nSPS) is 15.1. The minimum atomic E-state index is -3.80. The predicted octanol–water partition coefficient (Wildman–Crippen LogP) is 2.19. The van der Waals surface area contributed by atoms with Gasteiger partial charge in [-0.1, -0.05) is 12.1 Å². The highest BCUT2D eigenvalue weighted by Gasteiger charge is 2.32. The van der Waals surface area contributed by atoms with Crippen LogP contribution in [0.25, 0.3) is 10.9 Å². The third-order valence-corrected chi connectivity index (χ3v) is 7.17. The van der Waals surface area contributed by atoms with Gasteiger partial charge in [0, 0.05) is 43.1 Å². The number of piperazine rings is 1. The summed E-state index contributed by atoms with van der Waals surface area (Å²) in [6.07, 6.45) is 0. The molecule has 2 heterocycles. The van der Waals surface area contributed by atoms with Gasteiger partial charge in [-0.3, -0.25) is 4.79 Å². The van der Waals surface area contributed by atoms with Gasteiger partial charge in [0.05, 0.1) is 17.6 Å². The Balaban J connectivity index is 1.49. The number of hydrogen-bond donors (Lipinski definition) is 1. The van der Waals surface area contributed by atoms with Crippen molar-refractivity contribution in [2.24, 2.45) is 0 Å². The van der Waals surface area contributed by atoms with E-state index in [9.17, 15) is 18.5 Å². The molecule has 1 amide bonds. The Morgan fingerprint density at radius 1 is 1.10 bits per heavy atom. The van der Waals surface area contributed by atoms with E-state index < -0.39 is 10.0 Å². The lowest BCUT2D eigenvalue weighted by molar-refractivity contribution is 0.0693. The zero-order valence-corrected chi connectivity index (χ0v) is 17.1. The van der Waals surface area contributed by atoms with Gasteiger partial charge < -0.3 is 14.6 Å². The molecule has 8 nitrogen and oxygen atoms in total. The number of rotatable bonds is 4. The van der Waals surface area contributed by atoms with Crippen LogP contribution in [0.2, 0.25) is 0 Å². The number of carbonyl (C=O) groups excluding carboxylic acids is 1. The van der Waals surface area contributed by atoms with Gasteiger partial charge >= 0.3 is 0 Å². The Labute approximate surface area is 174 Å². The average Bonchev–Trinajstić information content (AvgIpc) is 3.21. The number of ether oxygens (including phenoxy) is 1. The number of H-pyrrole nitrogens is 1. The standard InChI is InChI=1S/C21H20N4O4S/c1-29-17-7-6-15-12-19(23-18(15)13-17)21(26)24-8-10-25(11-9-24)30(27,28)20-5-3-2-4-16(20)14-22/h2-7,12-13,23H,8-11H2,1H3. The van der Waals surface area contributed by atoms with Gasteiger partial charge in [-0.15, -0.1) is 0 Å². The molecule has 1 saturated heterocycles. The molecule has 1 fully saturated rings. The summed E-state index contributed by atoms with van der Waals surface area (Å²) in [6.45, 7) is 0.876. The van der Waals surface area contributed by atoms with Crippen LogP contribution in [-0.4, -0.2) is 61.8 Å². The number of nitriles is 1. The van der Waals surface area contributed by atoms with E-state index in [0.29, 0.717) is 11.4 Å². The second-order valence-electron chi connectivity index (χ2n) is 6.94. The van der Waals surface area contributed by atoms with Gasteiger partial charge in [-0.2, -0.15) is 9.57 Å². The summed E-state index contributed by atoms with van der Waals surface area (Å²) >= 11 is 0. The van der Waals surface area contributed by atoms with Crippen LogP contribution in [0.4, 0.5) is 0 Å². The molecule has 0 aliphatic carbocycles. The first-order chi connectivity index (χ1) is 14.4. The topological polar surface area (TPSA) is 106 Å². The van der Waals surface area contributed by atoms with E-state index in [4.69, 9.17) is 4.74 Å². The maximum atomic E-state index is 12.9. The van der Waals surface area contributed by atoms with Gasteiger partial charge in [0.25, 0.3) is 5.91 Å². The summed E-state index contributed by atoms with van der Waals surface area (Å²) < 4.78 is 32.4. The first kappa shape index (κ1) is 19.9. The summed E-state index contributed by atoms with van der Waals surface area (Å²) in [5.41, 5.74) is 1.36. The number of aromatic nitrogens is 1. The molecule has 4 rings (SSSR count). The van der Waals surface area contributed by atoms with Gasteiger partial charge in [0.2, 0.25) is 10.0 Å². The molecule has 1 aliphatic heterocycles. The van der Waals surface area contributed by atoms with Crippen LogP contribution >= 0.6 is 0 Å². The van der Waals surface area contributed by atoms with E-state index in [2.05, 4.69) is 4.98 Å². The van der Waals surface area contributed by atoms with Crippen molar-refractivity contribution in [1.29, 1.82) is 5.26 Å². The van der Waals surface area contributed by atoms with Crippen LogP contribution in [0.5, 0.6) is 5.75 Å². The average molecular weight is 424 g/mol. The predicted molar refractivity (Wildman–Crippen MR) is 111 cm³/mol. The van der Waals surface area contributed by atoms with Crippen molar-refractivity contribution in [3.05, 3.63) is 59.8 Å². The van der Waals surface area contributed by atoms with Crippen LogP contribution in [0.1, 0.15) is 16.1 Å². The number of amides is 1. The van der Waals surface area contributed by atoms with E-state index in [0.717, 1.165) is 10.9 Å². The Morgan fingerprint density at radius 2 is 1.83 bits per heavy atom. The third kappa shape index (κ3) is 3.51. The molecule has 0 radical (unpaired) electrons. The van der Waals surface area contributed by atoms with Crippen molar-refractivity contribution in [1.82, 2.24) is 14.2 Å². The molecule has 0 unspecified atom stereocenters. The number of nitrogens with zero attached hydrogens (tertiary/aromatic N) is 3. The second-order valence-corrected chi connectivity index (χ2v) is 8.85. The van der Waals surface area contributed by atoms with E-state index in [1.165, 1.54) is 16.4 Å². The summed E-state index contributed by atoms with van der Waals surface area (Å²) in [6, 6.07) is 15.4. The molecule has 154 valence electrons. The molecule has 9 heteroatoms. The Hall–Kier alpha value is -3.35. The lowest BCUT2D eigenvalue weighted by Gasteiger charge is -2.33. The minimum absolute atomic E-state index is 0.00292. The van der Waals surface area contributed by atoms with Crippen molar-refractivity contribution in [3.8, 4) is 11.8 Å².